The molecule has 0 aliphatic carbocycles. The van der Waals surface area contributed by atoms with E-state index in [0.717, 1.165) is 11.1 Å². The van der Waals surface area contributed by atoms with E-state index in [0.29, 0.717) is 28.4 Å². The predicted molar refractivity (Wildman–Crippen MR) is 280 cm³/mol. The number of benzene rings is 4. The molecule has 0 unspecified atom stereocenters. The van der Waals surface area contributed by atoms with Crippen molar-refractivity contribution in [3.8, 4) is 5.75 Å². The number of hydrogen-bond acceptors (Lipinski definition) is 12. The first-order chi connectivity index (χ1) is 34.5. The summed E-state index contributed by atoms with van der Waals surface area (Å²) in [5.74, 6) is -3.56. The number of carbonyl (C=O) groups excluding carboxylic acids is 8. The largest absolute Gasteiger partial charge is 0.497 e. The van der Waals surface area contributed by atoms with Gasteiger partial charge in [-0.2, -0.15) is 23.5 Å². The van der Waals surface area contributed by atoms with Crippen molar-refractivity contribution in [2.45, 2.75) is 93.7 Å². The molecule has 0 heterocycles. The number of primary amides is 2. The van der Waals surface area contributed by atoms with Crippen LogP contribution < -0.4 is 53.8 Å². The molecule has 0 saturated carbocycles. The maximum atomic E-state index is 14.4. The number of nitrogens with two attached hydrogens (primary N) is 3. The molecular weight excluding hydrogens is 959 g/mol. The summed E-state index contributed by atoms with van der Waals surface area (Å²) in [5.41, 5.74) is 20.7. The van der Waals surface area contributed by atoms with Gasteiger partial charge in [0.1, 0.15) is 36.0 Å². The van der Waals surface area contributed by atoms with E-state index in [1.807, 2.05) is 68.4 Å². The van der Waals surface area contributed by atoms with Crippen molar-refractivity contribution in [1.82, 2.24) is 31.9 Å². The van der Waals surface area contributed by atoms with Gasteiger partial charge >= 0.3 is 0 Å². The molecule has 8 amide bonds. The standard InChI is InChI=1S/C52H67N9O9S2/c1-33(2)25-41(51(68)61-44(47(55)64)32-72-29-36-17-11-6-12-18-36)57-46(63)28-56-49(66)42(26-34-13-7-4-8-14-34)59-52(69)43(27-35-15-9-5-10-16-35)60-50(67)40(23-24-45(54)62)58-48(65)39(53)31-71-30-37-19-21-38(70-3)22-20-37/h4-22,33,39-44H,23-32,53H2,1-3H3,(H2,54,62)(H2,55,64)(H,56,66)(H,57,63)(H,58,65)(H,59,69)(H,60,67)(H,61,68)/t39-,40-,41-,42-,43-,44-/m0/s1. The van der Waals surface area contributed by atoms with Gasteiger partial charge in [-0.05, 0) is 53.1 Å². The van der Waals surface area contributed by atoms with Crippen LogP contribution in [0, 0.1) is 5.92 Å². The minimum absolute atomic E-state index is 0.0210. The first-order valence-corrected chi connectivity index (χ1v) is 25.8. The van der Waals surface area contributed by atoms with Crippen LogP contribution in [-0.2, 0) is 62.7 Å². The predicted octanol–water partition coefficient (Wildman–Crippen LogP) is 2.01. The van der Waals surface area contributed by atoms with Crippen LogP contribution in [0.4, 0.5) is 0 Å². The highest BCUT2D eigenvalue weighted by Crippen LogP contribution is 2.18. The molecule has 4 rings (SSSR count). The Bertz CT molecular complexity index is 2380. The molecule has 0 bridgehead atoms. The Morgan fingerprint density at radius 1 is 0.528 bits per heavy atom. The Balaban J connectivity index is 1.46. The summed E-state index contributed by atoms with van der Waals surface area (Å²) in [4.78, 5) is 107. The summed E-state index contributed by atoms with van der Waals surface area (Å²) in [6, 6.07) is 27.6. The summed E-state index contributed by atoms with van der Waals surface area (Å²) in [6.07, 6.45) is -0.321. The second kappa shape index (κ2) is 30.8. The van der Waals surface area contributed by atoms with E-state index in [4.69, 9.17) is 21.9 Å². The molecule has 0 saturated heterocycles. The molecule has 6 atom stereocenters. The van der Waals surface area contributed by atoms with Crippen molar-refractivity contribution >= 4 is 70.8 Å². The zero-order chi connectivity index (χ0) is 52.4. The highest BCUT2D eigenvalue weighted by Gasteiger charge is 2.32. The van der Waals surface area contributed by atoms with Crippen molar-refractivity contribution in [1.29, 1.82) is 0 Å². The van der Waals surface area contributed by atoms with Gasteiger partial charge < -0.3 is 53.8 Å². The van der Waals surface area contributed by atoms with E-state index >= 15 is 0 Å². The SMILES string of the molecule is COc1ccc(CSC[C@H](N)C(=O)N[C@@H](CCC(N)=O)C(=O)N[C@@H](Cc2ccccc2)C(=O)N[C@@H](Cc2ccccc2)C(=O)NCC(=O)N[C@@H](CC(C)C)C(=O)N[C@@H](CSCc2ccccc2)C(N)=O)cc1. The molecule has 0 aliphatic heterocycles. The van der Waals surface area contributed by atoms with Crippen molar-refractivity contribution < 1.29 is 43.1 Å². The van der Waals surface area contributed by atoms with Gasteiger partial charge in [0.25, 0.3) is 0 Å². The third-order valence-electron chi connectivity index (χ3n) is 11.0. The van der Waals surface area contributed by atoms with Crippen LogP contribution in [-0.4, -0.2) is 109 Å². The van der Waals surface area contributed by atoms with E-state index in [-0.39, 0.29) is 49.5 Å². The lowest BCUT2D eigenvalue weighted by atomic mass is 10.0. The van der Waals surface area contributed by atoms with E-state index in [1.165, 1.54) is 23.5 Å². The van der Waals surface area contributed by atoms with Crippen LogP contribution in [0.1, 0.15) is 55.4 Å². The number of carbonyl (C=O) groups is 8. The van der Waals surface area contributed by atoms with Crippen LogP contribution in [0.25, 0.3) is 0 Å². The molecule has 4 aromatic carbocycles. The van der Waals surface area contributed by atoms with Crippen molar-refractivity contribution in [2.24, 2.45) is 23.1 Å². The number of nitrogens with one attached hydrogen (secondary N) is 6. The molecule has 0 spiro atoms. The quantitative estimate of drug-likeness (QED) is 0.0350. The van der Waals surface area contributed by atoms with E-state index in [2.05, 4.69) is 31.9 Å². The number of methoxy groups -OCH3 is 1. The van der Waals surface area contributed by atoms with Gasteiger partial charge in [0.2, 0.25) is 47.3 Å². The van der Waals surface area contributed by atoms with Gasteiger partial charge in [0.15, 0.2) is 0 Å². The average molecular weight is 1030 g/mol. The average Bonchev–Trinajstić information content (AvgIpc) is 3.36. The van der Waals surface area contributed by atoms with E-state index < -0.39 is 90.1 Å². The molecule has 0 radical (unpaired) electrons. The van der Waals surface area contributed by atoms with E-state index in [9.17, 15) is 38.4 Å². The lowest BCUT2D eigenvalue weighted by molar-refractivity contribution is -0.134. The minimum Gasteiger partial charge on any atom is -0.497 e. The van der Waals surface area contributed by atoms with E-state index in [1.54, 1.807) is 67.8 Å². The van der Waals surface area contributed by atoms with Crippen LogP contribution >= 0.6 is 23.5 Å². The van der Waals surface area contributed by atoms with Crippen molar-refractivity contribution in [2.75, 3.05) is 25.2 Å². The minimum atomic E-state index is -1.32. The fraction of sp³-hybridized carbons (Fsp3) is 0.385. The number of ether oxygens (including phenoxy) is 1. The van der Waals surface area contributed by atoms with Gasteiger partial charge in [-0.25, -0.2) is 0 Å². The second-order valence-corrected chi connectivity index (χ2v) is 19.5. The van der Waals surface area contributed by atoms with Crippen molar-refractivity contribution in [3.05, 3.63) is 138 Å². The Morgan fingerprint density at radius 2 is 0.986 bits per heavy atom. The van der Waals surface area contributed by atoms with Gasteiger partial charge in [0.05, 0.1) is 19.7 Å². The topological polar surface area (TPSA) is 296 Å². The summed E-state index contributed by atoms with van der Waals surface area (Å²) in [6.45, 7) is 3.14. The highest BCUT2D eigenvalue weighted by atomic mass is 32.2. The molecule has 12 N–H and O–H groups in total. The normalized spacial score (nSPS) is 13.5. The van der Waals surface area contributed by atoms with Gasteiger partial charge in [-0.3, -0.25) is 38.4 Å². The van der Waals surface area contributed by atoms with Crippen molar-refractivity contribution in [3.63, 3.8) is 0 Å². The number of thioether (sulfide) groups is 2. The maximum absolute atomic E-state index is 14.4. The summed E-state index contributed by atoms with van der Waals surface area (Å²) >= 11 is 2.83. The zero-order valence-corrected chi connectivity index (χ0v) is 42.4. The molecule has 4 aromatic rings. The summed E-state index contributed by atoms with van der Waals surface area (Å²) in [5, 5.41) is 16.0. The first-order valence-electron chi connectivity index (χ1n) is 23.5. The third kappa shape index (κ3) is 21.2. The second-order valence-electron chi connectivity index (χ2n) is 17.5. The molecule has 0 fully saturated rings. The van der Waals surface area contributed by atoms with Crippen LogP contribution in [0.2, 0.25) is 0 Å². The fourth-order valence-corrected chi connectivity index (χ4v) is 9.15. The lowest BCUT2D eigenvalue weighted by Crippen LogP contribution is -2.59. The molecular formula is C52H67N9O9S2. The molecule has 0 aliphatic rings. The van der Waals surface area contributed by atoms with Gasteiger partial charge in [-0.15, -0.1) is 0 Å². The summed E-state index contributed by atoms with van der Waals surface area (Å²) < 4.78 is 5.20. The summed E-state index contributed by atoms with van der Waals surface area (Å²) in [7, 11) is 1.57. The third-order valence-corrected chi connectivity index (χ3v) is 13.3. The lowest BCUT2D eigenvalue weighted by Gasteiger charge is -2.26. The molecule has 72 heavy (non-hydrogen) atoms. The number of rotatable bonds is 31. The molecule has 18 nitrogen and oxygen atoms in total. The molecule has 386 valence electrons. The Kier molecular flexibility index (Phi) is 24.6. The monoisotopic (exact) mass is 1030 g/mol. The molecule has 0 aromatic heterocycles. The Labute approximate surface area is 429 Å². The number of amides is 8. The fourth-order valence-electron chi connectivity index (χ4n) is 7.17. The Hall–Kier alpha value is -6.90. The smallest absolute Gasteiger partial charge is 0.243 e. The first kappa shape index (κ1) is 57.7. The molecule has 20 heteroatoms. The zero-order valence-electron chi connectivity index (χ0n) is 40.8. The highest BCUT2D eigenvalue weighted by molar-refractivity contribution is 7.98. The van der Waals surface area contributed by atoms with Crippen LogP contribution in [0.5, 0.6) is 5.75 Å². The Morgan fingerprint density at radius 3 is 1.50 bits per heavy atom. The van der Waals surface area contributed by atoms with Gasteiger partial charge in [-0.1, -0.05) is 117 Å². The van der Waals surface area contributed by atoms with Crippen LogP contribution in [0.15, 0.2) is 115 Å². The van der Waals surface area contributed by atoms with Gasteiger partial charge in [0, 0.05) is 42.3 Å². The maximum Gasteiger partial charge on any atom is 0.243 e. The van der Waals surface area contributed by atoms with Crippen LogP contribution in [0.3, 0.4) is 0 Å². The number of hydrogen-bond donors (Lipinski definition) is 9.